The summed E-state index contributed by atoms with van der Waals surface area (Å²) in [5, 5.41) is 18.2. The molecule has 0 saturated carbocycles. The van der Waals surface area contributed by atoms with E-state index in [-0.39, 0.29) is 16.3 Å². The van der Waals surface area contributed by atoms with E-state index in [2.05, 4.69) is 10.2 Å². The van der Waals surface area contributed by atoms with E-state index in [1.165, 1.54) is 24.1 Å². The number of hydrogen-bond acceptors (Lipinski definition) is 6. The van der Waals surface area contributed by atoms with Gasteiger partial charge in [-0.25, -0.2) is 12.8 Å². The first-order valence-electron chi connectivity index (χ1n) is 9.60. The number of aromatic amines is 1. The Hall–Kier alpha value is -3.60. The standard InChI is InChI=1S/C21H21FN4O5S/c1-25(21(27)15-10-18(26(28)29)13-19(11-15)32(2,30)31)9-3-4-17-12-20(24-23-17)14-5-7-16(22)8-6-14/h5-8,10-13H,3-4,9H2,1-2H3,(H,23,24). The number of benzene rings is 2. The first kappa shape index (κ1) is 23.1. The Morgan fingerprint density at radius 1 is 1.19 bits per heavy atom. The Kier molecular flexibility index (Phi) is 6.68. The molecule has 0 aliphatic rings. The molecule has 9 nitrogen and oxygen atoms in total. The van der Waals surface area contributed by atoms with E-state index in [9.17, 15) is 27.7 Å². The minimum absolute atomic E-state index is 0.0674. The first-order chi connectivity index (χ1) is 15.0. The van der Waals surface area contributed by atoms with Crippen molar-refractivity contribution in [2.24, 2.45) is 0 Å². The second-order valence-electron chi connectivity index (χ2n) is 7.36. The second-order valence-corrected chi connectivity index (χ2v) is 9.38. The highest BCUT2D eigenvalue weighted by atomic mass is 32.2. The normalized spacial score (nSPS) is 11.3. The number of nitro groups is 1. The number of sulfone groups is 1. The van der Waals surface area contributed by atoms with Crippen molar-refractivity contribution in [1.29, 1.82) is 0 Å². The molecule has 3 aromatic rings. The van der Waals surface area contributed by atoms with Crippen LogP contribution < -0.4 is 0 Å². The summed E-state index contributed by atoms with van der Waals surface area (Å²) in [7, 11) is -2.18. The molecule has 0 spiro atoms. The summed E-state index contributed by atoms with van der Waals surface area (Å²) in [6, 6.07) is 11.0. The van der Waals surface area contributed by atoms with Crippen molar-refractivity contribution in [2.45, 2.75) is 17.7 Å². The van der Waals surface area contributed by atoms with Crippen LogP contribution in [-0.2, 0) is 16.3 Å². The molecule has 0 aliphatic heterocycles. The number of halogens is 1. The molecule has 2 aromatic carbocycles. The van der Waals surface area contributed by atoms with Gasteiger partial charge in [-0.3, -0.25) is 20.0 Å². The van der Waals surface area contributed by atoms with Crippen LogP contribution in [-0.4, -0.2) is 54.2 Å². The van der Waals surface area contributed by atoms with E-state index < -0.39 is 26.4 Å². The van der Waals surface area contributed by atoms with E-state index in [0.29, 0.717) is 25.1 Å². The molecule has 0 unspecified atom stereocenters. The summed E-state index contributed by atoms with van der Waals surface area (Å²) in [4.78, 5) is 24.2. The van der Waals surface area contributed by atoms with E-state index in [1.54, 1.807) is 12.1 Å². The molecule has 1 N–H and O–H groups in total. The SMILES string of the molecule is CN(CCCc1cc(-c2ccc(F)cc2)n[nH]1)C(=O)c1cc([N+](=O)[O-])cc(S(C)(=O)=O)c1. The van der Waals surface area contributed by atoms with Crippen molar-refractivity contribution < 1.29 is 22.5 Å². The average molecular weight is 460 g/mol. The summed E-state index contributed by atoms with van der Waals surface area (Å²) >= 11 is 0. The molecule has 1 aromatic heterocycles. The third-order valence-corrected chi connectivity index (χ3v) is 5.93. The van der Waals surface area contributed by atoms with Crippen molar-refractivity contribution in [2.75, 3.05) is 19.8 Å². The van der Waals surface area contributed by atoms with Gasteiger partial charge in [0.05, 0.1) is 15.5 Å². The molecule has 0 atom stereocenters. The monoisotopic (exact) mass is 460 g/mol. The van der Waals surface area contributed by atoms with Crippen LogP contribution in [0, 0.1) is 15.9 Å². The Morgan fingerprint density at radius 3 is 2.50 bits per heavy atom. The molecule has 168 valence electrons. The largest absolute Gasteiger partial charge is 0.342 e. The number of carbonyl (C=O) groups excluding carboxylic acids is 1. The van der Waals surface area contributed by atoms with Crippen LogP contribution in [0.15, 0.2) is 53.4 Å². The highest BCUT2D eigenvalue weighted by Crippen LogP contribution is 2.22. The Labute approximate surface area is 183 Å². The molecule has 0 bridgehead atoms. The highest BCUT2D eigenvalue weighted by molar-refractivity contribution is 7.90. The highest BCUT2D eigenvalue weighted by Gasteiger charge is 2.21. The van der Waals surface area contributed by atoms with Gasteiger partial charge >= 0.3 is 0 Å². The fourth-order valence-corrected chi connectivity index (χ4v) is 3.79. The van der Waals surface area contributed by atoms with Gasteiger partial charge in [-0.2, -0.15) is 5.10 Å². The number of H-pyrrole nitrogens is 1. The van der Waals surface area contributed by atoms with Crippen LogP contribution in [0.4, 0.5) is 10.1 Å². The number of nitrogens with zero attached hydrogens (tertiary/aromatic N) is 3. The molecule has 0 aliphatic carbocycles. The fourth-order valence-electron chi connectivity index (χ4n) is 3.11. The van der Waals surface area contributed by atoms with Crippen LogP contribution in [0.3, 0.4) is 0 Å². The predicted molar refractivity (Wildman–Crippen MR) is 115 cm³/mol. The molecule has 0 saturated heterocycles. The number of amides is 1. The van der Waals surface area contributed by atoms with Crippen molar-refractivity contribution in [3.05, 3.63) is 75.7 Å². The quantitative estimate of drug-likeness (QED) is 0.406. The van der Waals surface area contributed by atoms with E-state index in [1.807, 2.05) is 6.07 Å². The number of hydrogen-bond donors (Lipinski definition) is 1. The summed E-state index contributed by atoms with van der Waals surface area (Å²) in [5.74, 6) is -0.847. The number of nitro benzene ring substituents is 1. The third-order valence-electron chi connectivity index (χ3n) is 4.83. The Bertz CT molecular complexity index is 1260. The van der Waals surface area contributed by atoms with E-state index in [4.69, 9.17) is 0 Å². The zero-order valence-corrected chi connectivity index (χ0v) is 18.2. The Balaban J connectivity index is 1.65. The molecule has 0 fully saturated rings. The zero-order valence-electron chi connectivity index (χ0n) is 17.4. The molecule has 1 amide bonds. The number of aryl methyl sites for hydroxylation is 1. The van der Waals surface area contributed by atoms with Gasteiger partial charge in [0.25, 0.3) is 11.6 Å². The van der Waals surface area contributed by atoms with E-state index >= 15 is 0 Å². The molecular weight excluding hydrogens is 439 g/mol. The summed E-state index contributed by atoms with van der Waals surface area (Å²) in [5.41, 5.74) is 1.75. The number of carbonyl (C=O) groups is 1. The molecule has 3 rings (SSSR count). The lowest BCUT2D eigenvalue weighted by molar-refractivity contribution is -0.385. The van der Waals surface area contributed by atoms with Gasteiger partial charge in [-0.15, -0.1) is 0 Å². The maximum atomic E-state index is 13.1. The van der Waals surface area contributed by atoms with Crippen LogP contribution >= 0.6 is 0 Å². The molecule has 32 heavy (non-hydrogen) atoms. The number of non-ortho nitro benzene ring substituents is 1. The van der Waals surface area contributed by atoms with Crippen molar-refractivity contribution in [3.8, 4) is 11.3 Å². The summed E-state index contributed by atoms with van der Waals surface area (Å²) in [6.45, 7) is 0.334. The average Bonchev–Trinajstić information content (AvgIpc) is 3.21. The van der Waals surface area contributed by atoms with Gasteiger partial charge in [0.1, 0.15) is 5.82 Å². The maximum Gasteiger partial charge on any atom is 0.271 e. The smallest absolute Gasteiger partial charge is 0.271 e. The molecular formula is C21H21FN4O5S. The number of aromatic nitrogens is 2. The first-order valence-corrected chi connectivity index (χ1v) is 11.5. The minimum Gasteiger partial charge on any atom is -0.342 e. The van der Waals surface area contributed by atoms with Crippen molar-refractivity contribution >= 4 is 21.4 Å². The van der Waals surface area contributed by atoms with Crippen molar-refractivity contribution in [3.63, 3.8) is 0 Å². The lowest BCUT2D eigenvalue weighted by atomic mass is 10.1. The second kappa shape index (κ2) is 9.27. The van der Waals surface area contributed by atoms with Gasteiger partial charge in [-0.1, -0.05) is 0 Å². The van der Waals surface area contributed by atoms with Crippen LogP contribution in [0.1, 0.15) is 22.5 Å². The van der Waals surface area contributed by atoms with Gasteiger partial charge in [0.2, 0.25) is 0 Å². The van der Waals surface area contributed by atoms with Crippen LogP contribution in [0.5, 0.6) is 0 Å². The number of nitrogens with one attached hydrogen (secondary N) is 1. The minimum atomic E-state index is -3.72. The van der Waals surface area contributed by atoms with Gasteiger partial charge in [-0.05, 0) is 49.2 Å². The zero-order chi connectivity index (χ0) is 23.5. The molecule has 1 heterocycles. The van der Waals surface area contributed by atoms with E-state index in [0.717, 1.165) is 35.7 Å². The van der Waals surface area contributed by atoms with Crippen LogP contribution in [0.2, 0.25) is 0 Å². The van der Waals surface area contributed by atoms with Gasteiger partial charge in [0, 0.05) is 48.8 Å². The van der Waals surface area contributed by atoms with Gasteiger partial charge in [0.15, 0.2) is 9.84 Å². The summed E-state index contributed by atoms with van der Waals surface area (Å²) < 4.78 is 36.7. The lowest BCUT2D eigenvalue weighted by Crippen LogP contribution is -2.28. The molecule has 11 heteroatoms. The lowest BCUT2D eigenvalue weighted by Gasteiger charge is -2.17. The van der Waals surface area contributed by atoms with Gasteiger partial charge < -0.3 is 4.90 Å². The fraction of sp³-hybridized carbons (Fsp3) is 0.238. The topological polar surface area (TPSA) is 126 Å². The third kappa shape index (κ3) is 5.55. The van der Waals surface area contributed by atoms with Crippen molar-refractivity contribution in [1.82, 2.24) is 15.1 Å². The predicted octanol–water partition coefficient (Wildman–Crippen LogP) is 3.23. The maximum absolute atomic E-state index is 13.1. The Morgan fingerprint density at radius 2 is 1.88 bits per heavy atom. The number of rotatable bonds is 8. The summed E-state index contributed by atoms with van der Waals surface area (Å²) in [6.07, 6.45) is 2.07. The molecule has 0 radical (unpaired) electrons. The van der Waals surface area contributed by atoms with Crippen LogP contribution in [0.25, 0.3) is 11.3 Å².